The Kier molecular flexibility index (Phi) is 10.6. The molecule has 0 aliphatic carbocycles. The van der Waals surface area contributed by atoms with Gasteiger partial charge in [0.15, 0.2) is 0 Å². The van der Waals surface area contributed by atoms with E-state index in [1.54, 1.807) is 12.4 Å². The number of aromatic nitrogens is 3. The van der Waals surface area contributed by atoms with Gasteiger partial charge < -0.3 is 9.30 Å². The molecule has 302 valence electrons. The van der Waals surface area contributed by atoms with Crippen molar-refractivity contribution in [2.24, 2.45) is 4.99 Å². The predicted octanol–water partition coefficient (Wildman–Crippen LogP) is 13.8. The predicted molar refractivity (Wildman–Crippen MR) is 243 cm³/mol. The van der Waals surface area contributed by atoms with Gasteiger partial charge in [-0.15, -0.1) is 41.3 Å². The number of para-hydroxylation sites is 1. The molecule has 0 radical (unpaired) electrons. The Labute approximate surface area is 368 Å². The van der Waals surface area contributed by atoms with Crippen LogP contribution in [0.4, 0.5) is 5.69 Å². The van der Waals surface area contributed by atoms with Crippen molar-refractivity contribution >= 4 is 33.2 Å². The molecule has 60 heavy (non-hydrogen) atoms. The molecule has 9 rings (SSSR count). The second-order valence-electron chi connectivity index (χ2n) is 18.8. The number of benzene rings is 5. The van der Waals surface area contributed by atoms with Crippen molar-refractivity contribution < 1.29 is 25.8 Å². The first kappa shape index (κ1) is 41.1. The molecule has 0 amide bonds. The molecule has 3 aromatic heterocycles. The second-order valence-corrected chi connectivity index (χ2v) is 18.8. The Morgan fingerprint density at radius 3 is 2.00 bits per heavy atom. The molecule has 6 heteroatoms. The third-order valence-corrected chi connectivity index (χ3v) is 11.5. The molecule has 4 heterocycles. The number of rotatable bonds is 6. The molecule has 1 unspecified atom stereocenters. The van der Waals surface area contributed by atoms with Gasteiger partial charge in [-0.25, -0.2) is 4.98 Å². The second kappa shape index (κ2) is 15.4. The Morgan fingerprint density at radius 1 is 0.617 bits per heavy atom. The van der Waals surface area contributed by atoms with Gasteiger partial charge in [0.25, 0.3) is 0 Å². The summed E-state index contributed by atoms with van der Waals surface area (Å²) in [5.74, 6) is 1.95. The number of pyridine rings is 2. The number of hydrogen-bond acceptors (Lipinski definition) is 4. The molecular formula is C54H50N4OPt. The fourth-order valence-corrected chi connectivity index (χ4v) is 8.56. The molecule has 1 aliphatic rings. The van der Waals surface area contributed by atoms with Gasteiger partial charge in [-0.05, 0) is 97.1 Å². The van der Waals surface area contributed by atoms with Crippen LogP contribution >= 0.6 is 0 Å². The van der Waals surface area contributed by atoms with Crippen molar-refractivity contribution in [3.63, 3.8) is 0 Å². The van der Waals surface area contributed by atoms with Gasteiger partial charge in [-0.2, -0.15) is 6.07 Å². The van der Waals surface area contributed by atoms with Crippen LogP contribution in [0, 0.1) is 12.1 Å². The SMILES string of the molecule is CC(C)(C)c1ccc2c(c1)c1ccc(Oc3[c-]c(C4=Nc5ccccc5C4c4c(C(C)(C)C)cccc4C(C)(C)C)ccc3)[c-]c1n2-c1ccc(-c2ccncc2)cn1.[Pt+2]. The van der Waals surface area contributed by atoms with Crippen molar-refractivity contribution in [1.29, 1.82) is 0 Å². The van der Waals surface area contributed by atoms with Crippen molar-refractivity contribution in [2.75, 3.05) is 0 Å². The first-order valence-corrected chi connectivity index (χ1v) is 20.5. The first-order chi connectivity index (χ1) is 28.1. The fourth-order valence-electron chi connectivity index (χ4n) is 8.56. The van der Waals surface area contributed by atoms with Gasteiger partial charge in [0, 0.05) is 47.1 Å². The van der Waals surface area contributed by atoms with Crippen LogP contribution in [0.1, 0.15) is 102 Å². The summed E-state index contributed by atoms with van der Waals surface area (Å²) >= 11 is 0. The maximum absolute atomic E-state index is 6.70. The Morgan fingerprint density at radius 2 is 1.32 bits per heavy atom. The number of hydrogen-bond donors (Lipinski definition) is 0. The molecule has 1 atom stereocenters. The third kappa shape index (κ3) is 7.54. The van der Waals surface area contributed by atoms with Gasteiger partial charge in [0.2, 0.25) is 0 Å². The van der Waals surface area contributed by atoms with Crippen molar-refractivity contribution in [2.45, 2.75) is 84.5 Å². The fraction of sp³-hybridized carbons (Fsp3) is 0.241. The van der Waals surface area contributed by atoms with Crippen LogP contribution < -0.4 is 4.74 Å². The first-order valence-electron chi connectivity index (χ1n) is 20.5. The van der Waals surface area contributed by atoms with E-state index in [1.165, 1.54) is 27.8 Å². The topological polar surface area (TPSA) is 52.3 Å². The molecule has 0 saturated carbocycles. The average Bonchev–Trinajstić information content (AvgIpc) is 3.76. The maximum atomic E-state index is 6.70. The van der Waals surface area contributed by atoms with Gasteiger partial charge >= 0.3 is 21.1 Å². The summed E-state index contributed by atoms with van der Waals surface area (Å²) in [5.41, 5.74) is 13.3. The van der Waals surface area contributed by atoms with Crippen molar-refractivity contribution in [3.05, 3.63) is 179 Å². The van der Waals surface area contributed by atoms with Crippen LogP contribution in [-0.2, 0) is 37.3 Å². The molecule has 0 fully saturated rings. The number of fused-ring (bicyclic) bond motifs is 4. The van der Waals surface area contributed by atoms with E-state index in [0.717, 1.165) is 55.7 Å². The van der Waals surface area contributed by atoms with Gasteiger partial charge in [0.05, 0.1) is 5.69 Å². The molecule has 0 N–H and O–H groups in total. The monoisotopic (exact) mass is 965 g/mol. The van der Waals surface area contributed by atoms with Crippen LogP contribution in [0.3, 0.4) is 0 Å². The molecule has 0 bridgehead atoms. The quantitative estimate of drug-likeness (QED) is 0.156. The molecule has 8 aromatic rings. The summed E-state index contributed by atoms with van der Waals surface area (Å²) in [5, 5.41) is 2.24. The van der Waals surface area contributed by atoms with E-state index in [4.69, 9.17) is 14.7 Å². The van der Waals surface area contributed by atoms with Crippen LogP contribution in [-0.4, -0.2) is 20.2 Å². The van der Waals surface area contributed by atoms with Gasteiger partial charge in [-0.3, -0.25) is 9.98 Å². The maximum Gasteiger partial charge on any atom is 2.00 e. The molecule has 0 saturated heterocycles. The molecular weight excluding hydrogens is 916 g/mol. The standard InChI is InChI=1S/C54H50N4O.Pt/c1-52(2,3)37-21-24-46-42(31-37)40-23-22-39(32-47(40)58(46)48-25-20-36(33-56-48)34-26-28-55-29-27-34)59-38-15-12-14-35(30-38)51-49(41-16-10-11-19-45(41)57-51)50-43(53(4,5)6)17-13-18-44(50)54(7,8)9;/h10-29,31,33,49H,1-9H3;/q-2;+2. The minimum Gasteiger partial charge on any atom is -0.503 e. The Bertz CT molecular complexity index is 2870. The van der Waals surface area contributed by atoms with E-state index < -0.39 is 0 Å². The molecule has 5 aromatic carbocycles. The summed E-state index contributed by atoms with van der Waals surface area (Å²) in [4.78, 5) is 14.5. The smallest absolute Gasteiger partial charge is 0.503 e. The molecule has 5 nitrogen and oxygen atoms in total. The zero-order valence-electron chi connectivity index (χ0n) is 35.8. The minimum absolute atomic E-state index is 0. The van der Waals surface area contributed by atoms with E-state index in [1.807, 2.05) is 36.5 Å². The average molecular weight is 966 g/mol. The summed E-state index contributed by atoms with van der Waals surface area (Å²) in [6, 6.07) is 47.9. The van der Waals surface area contributed by atoms with Gasteiger partial charge in [0.1, 0.15) is 5.82 Å². The normalized spacial score (nSPS) is 14.2. The van der Waals surface area contributed by atoms with E-state index in [9.17, 15) is 0 Å². The summed E-state index contributed by atoms with van der Waals surface area (Å²) in [7, 11) is 0. The third-order valence-electron chi connectivity index (χ3n) is 11.5. The van der Waals surface area contributed by atoms with E-state index in [-0.39, 0.29) is 43.2 Å². The summed E-state index contributed by atoms with van der Waals surface area (Å²) < 4.78 is 8.89. The van der Waals surface area contributed by atoms with E-state index in [0.29, 0.717) is 11.5 Å². The minimum atomic E-state index is -0.0731. The van der Waals surface area contributed by atoms with Crippen LogP contribution in [0.2, 0.25) is 0 Å². The summed E-state index contributed by atoms with van der Waals surface area (Å²) in [6.07, 6.45) is 5.54. The van der Waals surface area contributed by atoms with E-state index >= 15 is 0 Å². The summed E-state index contributed by atoms with van der Waals surface area (Å²) in [6.45, 7) is 20.6. The zero-order chi connectivity index (χ0) is 41.3. The van der Waals surface area contributed by atoms with Crippen LogP contribution in [0.25, 0.3) is 38.8 Å². The van der Waals surface area contributed by atoms with Crippen LogP contribution in [0.5, 0.6) is 11.5 Å². The van der Waals surface area contributed by atoms with E-state index in [2.05, 4.69) is 169 Å². The molecule has 1 aliphatic heterocycles. The Hall–Kier alpha value is -5.64. The van der Waals surface area contributed by atoms with Gasteiger partial charge in [-0.1, -0.05) is 122 Å². The number of aliphatic imine (C=N–C) groups is 1. The Balaban J connectivity index is 0.00000499. The zero-order valence-corrected chi connectivity index (χ0v) is 38.1. The largest absolute Gasteiger partial charge is 2.00 e. The number of ether oxygens (including phenoxy) is 1. The molecule has 0 spiro atoms. The number of nitrogens with zero attached hydrogens (tertiary/aromatic N) is 4. The van der Waals surface area contributed by atoms with Crippen LogP contribution in [0.15, 0.2) is 139 Å². The van der Waals surface area contributed by atoms with Crippen molar-refractivity contribution in [3.8, 4) is 28.4 Å². The van der Waals surface area contributed by atoms with Crippen molar-refractivity contribution in [1.82, 2.24) is 14.5 Å².